The second-order valence-electron chi connectivity index (χ2n) is 6.91. The van der Waals surface area contributed by atoms with Crippen molar-refractivity contribution in [2.45, 2.75) is 20.5 Å². The maximum Gasteiger partial charge on any atom is 0.350 e. The van der Waals surface area contributed by atoms with Gasteiger partial charge in [0.15, 0.2) is 6.61 Å². The van der Waals surface area contributed by atoms with E-state index >= 15 is 0 Å². The summed E-state index contributed by atoms with van der Waals surface area (Å²) in [5, 5.41) is 9.16. The second kappa shape index (κ2) is 10.3. The molecule has 9 nitrogen and oxygen atoms in total. The molecule has 0 unspecified atom stereocenters. The number of anilines is 1. The topological polar surface area (TPSA) is 129 Å². The number of benzene rings is 2. The monoisotopic (exact) mass is 432 g/mol. The zero-order chi connectivity index (χ0) is 23.1. The summed E-state index contributed by atoms with van der Waals surface area (Å²) in [4.78, 5) is 11.8. The van der Waals surface area contributed by atoms with Gasteiger partial charge in [-0.25, -0.2) is 21.5 Å². The highest BCUT2D eigenvalue weighted by atomic mass is 16.5. The van der Waals surface area contributed by atoms with Crippen LogP contribution >= 0.6 is 0 Å². The van der Waals surface area contributed by atoms with Crippen LogP contribution in [0.25, 0.3) is 11.3 Å². The first-order valence-electron chi connectivity index (χ1n) is 9.72. The van der Waals surface area contributed by atoms with E-state index in [2.05, 4.69) is 16.1 Å². The van der Waals surface area contributed by atoms with Crippen molar-refractivity contribution in [1.82, 2.24) is 15.6 Å². The fourth-order valence-electron chi connectivity index (χ4n) is 3.07. The average molecular weight is 432 g/mol. The van der Waals surface area contributed by atoms with Gasteiger partial charge in [0.2, 0.25) is 5.88 Å². The molecule has 0 radical (unpaired) electrons. The average Bonchev–Trinajstić information content (AvgIpc) is 2.81. The Bertz CT molecular complexity index is 1140. The van der Waals surface area contributed by atoms with E-state index in [0.717, 1.165) is 27.3 Å². The van der Waals surface area contributed by atoms with Gasteiger partial charge in [-0.2, -0.15) is 0 Å². The number of nitrogens with two attached hydrogens (primary N) is 2. The first kappa shape index (κ1) is 22.6. The molecule has 2 aromatic carbocycles. The van der Waals surface area contributed by atoms with Crippen LogP contribution in [0.15, 0.2) is 48.5 Å². The number of urea groups is 1. The first-order chi connectivity index (χ1) is 15.4. The molecule has 9 heteroatoms. The van der Waals surface area contributed by atoms with Crippen molar-refractivity contribution in [2.24, 2.45) is 11.7 Å². The number of hydrazine groups is 2. The third-order valence-electron chi connectivity index (χ3n) is 4.77. The number of rotatable bonds is 7. The highest BCUT2D eigenvalue weighted by molar-refractivity contribution is 5.91. The van der Waals surface area contributed by atoms with E-state index in [1.54, 1.807) is 12.1 Å². The summed E-state index contributed by atoms with van der Waals surface area (Å²) in [5.41, 5.74) is 6.72. The summed E-state index contributed by atoms with van der Waals surface area (Å²) in [7, 11) is 0. The molecule has 2 amide bonds. The number of ether oxygens (including phenoxy) is 2. The van der Waals surface area contributed by atoms with Crippen LogP contribution in [0, 0.1) is 26.2 Å². The summed E-state index contributed by atoms with van der Waals surface area (Å²) in [6.07, 6.45) is 5.17. The van der Waals surface area contributed by atoms with Gasteiger partial charge in [0.1, 0.15) is 12.4 Å². The molecule has 0 spiro atoms. The van der Waals surface area contributed by atoms with E-state index in [1.165, 1.54) is 0 Å². The second-order valence-corrected chi connectivity index (χ2v) is 6.91. The fourth-order valence-corrected chi connectivity index (χ4v) is 3.07. The molecule has 0 aliphatic rings. The molecule has 0 atom stereocenters. The van der Waals surface area contributed by atoms with E-state index in [4.69, 9.17) is 27.6 Å². The Kier molecular flexibility index (Phi) is 7.23. The van der Waals surface area contributed by atoms with E-state index in [0.29, 0.717) is 23.0 Å². The quantitative estimate of drug-likeness (QED) is 0.226. The largest absolute Gasteiger partial charge is 0.489 e. The van der Waals surface area contributed by atoms with Crippen LogP contribution in [0.3, 0.4) is 0 Å². The molecule has 0 fully saturated rings. The van der Waals surface area contributed by atoms with E-state index in [1.807, 2.05) is 55.7 Å². The molecular formula is C23H24N6O3. The summed E-state index contributed by atoms with van der Waals surface area (Å²) < 4.78 is 11.3. The van der Waals surface area contributed by atoms with Crippen molar-refractivity contribution in [2.75, 3.05) is 11.6 Å². The van der Waals surface area contributed by atoms with Crippen molar-refractivity contribution in [3.05, 3.63) is 65.2 Å². The molecular weight excluding hydrogens is 408 g/mol. The van der Waals surface area contributed by atoms with Crippen LogP contribution in [0.1, 0.15) is 16.7 Å². The zero-order valence-corrected chi connectivity index (χ0v) is 17.8. The number of terminal acetylenes is 1. The minimum Gasteiger partial charge on any atom is -0.489 e. The Balaban J connectivity index is 1.76. The summed E-state index contributed by atoms with van der Waals surface area (Å²) in [6, 6.07) is 14.1. The fraction of sp³-hybridized carbons (Fsp3) is 0.174. The van der Waals surface area contributed by atoms with Crippen molar-refractivity contribution in [3.8, 4) is 35.2 Å². The minimum absolute atomic E-state index is 0.139. The van der Waals surface area contributed by atoms with Crippen molar-refractivity contribution in [3.63, 3.8) is 0 Å². The van der Waals surface area contributed by atoms with E-state index < -0.39 is 6.03 Å². The Morgan fingerprint density at radius 3 is 2.59 bits per heavy atom. The number of amides is 2. The maximum atomic E-state index is 11.8. The number of aryl methyl sites for hydroxylation is 2. The molecule has 0 aliphatic carbocycles. The number of carbonyl (C=O) groups excluding carboxylic acids is 1. The molecule has 32 heavy (non-hydrogen) atoms. The van der Waals surface area contributed by atoms with Gasteiger partial charge in [0.25, 0.3) is 0 Å². The van der Waals surface area contributed by atoms with Crippen LogP contribution in [0.5, 0.6) is 11.6 Å². The Hall–Kier alpha value is -4.13. The normalized spacial score (nSPS) is 10.2. The van der Waals surface area contributed by atoms with Gasteiger partial charge < -0.3 is 9.47 Å². The lowest BCUT2D eigenvalue weighted by Crippen LogP contribution is -2.48. The molecule has 164 valence electrons. The van der Waals surface area contributed by atoms with Gasteiger partial charge in [-0.05, 0) is 55.3 Å². The SMILES string of the molecule is C#CCOc1ccc(-c2ccc(OCc3c(C)cccc3N(N)C(=O)NN)c(C)c2)nn1. The number of aromatic nitrogens is 2. The van der Waals surface area contributed by atoms with Crippen molar-refractivity contribution in [1.29, 1.82) is 0 Å². The smallest absolute Gasteiger partial charge is 0.350 e. The molecule has 0 saturated carbocycles. The van der Waals surface area contributed by atoms with Gasteiger partial charge in [0, 0.05) is 17.2 Å². The van der Waals surface area contributed by atoms with Crippen LogP contribution < -0.4 is 31.6 Å². The molecule has 3 aromatic rings. The Labute approximate surface area is 186 Å². The summed E-state index contributed by atoms with van der Waals surface area (Å²) >= 11 is 0. The zero-order valence-electron chi connectivity index (χ0n) is 17.8. The molecule has 0 aliphatic heterocycles. The summed E-state index contributed by atoms with van der Waals surface area (Å²) in [6.45, 7) is 4.21. The van der Waals surface area contributed by atoms with Crippen LogP contribution in [0.4, 0.5) is 10.5 Å². The lowest BCUT2D eigenvalue weighted by molar-refractivity contribution is 0.246. The number of nitrogens with one attached hydrogen (secondary N) is 1. The van der Waals surface area contributed by atoms with Crippen LogP contribution in [0.2, 0.25) is 0 Å². The number of carbonyl (C=O) groups is 1. The van der Waals surface area contributed by atoms with Gasteiger partial charge in [-0.15, -0.1) is 16.6 Å². The van der Waals surface area contributed by atoms with Gasteiger partial charge in [-0.1, -0.05) is 18.1 Å². The van der Waals surface area contributed by atoms with Crippen molar-refractivity contribution < 1.29 is 14.3 Å². The third-order valence-corrected chi connectivity index (χ3v) is 4.77. The maximum absolute atomic E-state index is 11.8. The number of hydrogen-bond donors (Lipinski definition) is 3. The lowest BCUT2D eigenvalue weighted by Gasteiger charge is -2.21. The van der Waals surface area contributed by atoms with E-state index in [-0.39, 0.29) is 13.2 Å². The Morgan fingerprint density at radius 1 is 1.12 bits per heavy atom. The molecule has 3 rings (SSSR count). The molecule has 5 N–H and O–H groups in total. The molecule has 0 bridgehead atoms. The van der Waals surface area contributed by atoms with Crippen molar-refractivity contribution >= 4 is 11.7 Å². The molecule has 1 heterocycles. The van der Waals surface area contributed by atoms with Crippen LogP contribution in [-0.4, -0.2) is 22.8 Å². The first-order valence-corrected chi connectivity index (χ1v) is 9.72. The predicted octanol–water partition coefficient (Wildman–Crippen LogP) is 2.61. The third kappa shape index (κ3) is 5.13. The van der Waals surface area contributed by atoms with Crippen LogP contribution in [-0.2, 0) is 6.61 Å². The minimum atomic E-state index is -0.630. The summed E-state index contributed by atoms with van der Waals surface area (Å²) in [5.74, 6) is 14.5. The predicted molar refractivity (Wildman–Crippen MR) is 121 cm³/mol. The lowest BCUT2D eigenvalue weighted by atomic mass is 10.1. The highest BCUT2D eigenvalue weighted by Crippen LogP contribution is 2.28. The standard InChI is InChI=1S/C23H24N6O3/c1-4-12-31-22-11-9-19(27-28-22)17-8-10-21(16(3)13-17)32-14-18-15(2)6-5-7-20(18)29(25)23(30)26-24/h1,5-11,13H,12,14,24-25H2,2-3H3,(H,26,30). The van der Waals surface area contributed by atoms with Gasteiger partial charge >= 0.3 is 6.03 Å². The number of hydrogen-bond acceptors (Lipinski definition) is 7. The number of nitrogens with zero attached hydrogens (tertiary/aromatic N) is 3. The van der Waals surface area contributed by atoms with E-state index in [9.17, 15) is 4.79 Å². The van der Waals surface area contributed by atoms with Gasteiger partial charge in [0.05, 0.1) is 11.4 Å². The Morgan fingerprint density at radius 2 is 1.94 bits per heavy atom. The highest BCUT2D eigenvalue weighted by Gasteiger charge is 2.16. The molecule has 0 saturated heterocycles. The van der Waals surface area contributed by atoms with Gasteiger partial charge in [-0.3, -0.25) is 5.43 Å². The molecule has 1 aromatic heterocycles.